The molecule has 0 bridgehead atoms. The molecule has 0 amide bonds. The number of fused-ring (bicyclic) bond motifs is 1. The summed E-state index contributed by atoms with van der Waals surface area (Å²) in [6.07, 6.45) is 4.05. The zero-order valence-corrected chi connectivity index (χ0v) is 13.3. The Hall–Kier alpha value is -1.06. The van der Waals surface area contributed by atoms with E-state index in [9.17, 15) is 0 Å². The monoisotopic (exact) mass is 288 g/mol. The van der Waals surface area contributed by atoms with Gasteiger partial charge in [0, 0.05) is 38.0 Å². The Balaban J connectivity index is 1.53. The van der Waals surface area contributed by atoms with Crippen molar-refractivity contribution in [2.45, 2.75) is 45.3 Å². The van der Waals surface area contributed by atoms with Crippen LogP contribution < -0.4 is 10.2 Å². The first-order valence-corrected chi connectivity index (χ1v) is 8.42. The third kappa shape index (κ3) is 3.58. The summed E-state index contributed by atoms with van der Waals surface area (Å²) in [6, 6.07) is 9.33. The molecule has 3 unspecified atom stereocenters. The van der Waals surface area contributed by atoms with Crippen LogP contribution in [0, 0.1) is 5.92 Å². The van der Waals surface area contributed by atoms with E-state index in [2.05, 4.69) is 48.3 Å². The third-order valence-corrected chi connectivity index (χ3v) is 4.80. The minimum Gasteiger partial charge on any atom is -0.377 e. The number of ether oxygens (including phenoxy) is 1. The molecule has 1 saturated heterocycles. The minimum atomic E-state index is 0.414. The number of para-hydroxylation sites is 1. The lowest BCUT2D eigenvalue weighted by Gasteiger charge is -2.35. The quantitative estimate of drug-likeness (QED) is 0.901. The van der Waals surface area contributed by atoms with E-state index in [1.54, 1.807) is 0 Å². The van der Waals surface area contributed by atoms with E-state index in [4.69, 9.17) is 4.74 Å². The molecule has 2 aliphatic heterocycles. The molecule has 2 aliphatic rings. The molecule has 1 aromatic carbocycles. The average Bonchev–Trinajstić information content (AvgIpc) is 3.01. The number of hydrogen-bond donors (Lipinski definition) is 1. The molecule has 1 N–H and O–H groups in total. The molecule has 21 heavy (non-hydrogen) atoms. The Labute approximate surface area is 128 Å². The van der Waals surface area contributed by atoms with Gasteiger partial charge in [0.05, 0.1) is 6.10 Å². The maximum Gasteiger partial charge on any atom is 0.0726 e. The summed E-state index contributed by atoms with van der Waals surface area (Å²) in [7, 11) is 0. The smallest absolute Gasteiger partial charge is 0.0726 e. The fourth-order valence-corrected chi connectivity index (χ4v) is 3.67. The van der Waals surface area contributed by atoms with Crippen molar-refractivity contribution >= 4 is 5.69 Å². The van der Waals surface area contributed by atoms with E-state index in [-0.39, 0.29) is 0 Å². The summed E-state index contributed by atoms with van der Waals surface area (Å²) in [5.74, 6) is 0.746. The predicted molar refractivity (Wildman–Crippen MR) is 88.0 cm³/mol. The highest BCUT2D eigenvalue weighted by atomic mass is 16.5. The van der Waals surface area contributed by atoms with Gasteiger partial charge >= 0.3 is 0 Å². The fraction of sp³-hybridized carbons (Fsp3) is 0.667. The van der Waals surface area contributed by atoms with Crippen LogP contribution in [0.5, 0.6) is 0 Å². The molecule has 0 saturated carbocycles. The number of nitrogens with one attached hydrogen (secondary N) is 1. The third-order valence-electron chi connectivity index (χ3n) is 4.80. The number of benzene rings is 1. The SMILES string of the molecule is CC1Cc2ccccc2N(CCNC(C)C2CCCO2)C1. The van der Waals surface area contributed by atoms with Gasteiger partial charge in [0.1, 0.15) is 0 Å². The van der Waals surface area contributed by atoms with E-state index >= 15 is 0 Å². The lowest BCUT2D eigenvalue weighted by molar-refractivity contribution is 0.0840. The van der Waals surface area contributed by atoms with Gasteiger partial charge < -0.3 is 15.0 Å². The molecule has 3 atom stereocenters. The average molecular weight is 288 g/mol. The number of anilines is 1. The summed E-state index contributed by atoms with van der Waals surface area (Å²) >= 11 is 0. The first-order chi connectivity index (χ1) is 10.2. The van der Waals surface area contributed by atoms with Crippen molar-refractivity contribution in [3.63, 3.8) is 0 Å². The highest BCUT2D eigenvalue weighted by Gasteiger charge is 2.23. The summed E-state index contributed by atoms with van der Waals surface area (Å²) in [6.45, 7) is 8.83. The van der Waals surface area contributed by atoms with Crippen molar-refractivity contribution < 1.29 is 4.74 Å². The van der Waals surface area contributed by atoms with E-state index in [0.717, 1.165) is 25.6 Å². The molecule has 2 heterocycles. The first-order valence-electron chi connectivity index (χ1n) is 8.42. The molecule has 3 rings (SSSR count). The lowest BCUT2D eigenvalue weighted by Crippen LogP contribution is -2.43. The second-order valence-electron chi connectivity index (χ2n) is 6.68. The van der Waals surface area contributed by atoms with Crippen LogP contribution in [-0.4, -0.2) is 38.4 Å². The predicted octanol–water partition coefficient (Wildman–Crippen LogP) is 2.84. The van der Waals surface area contributed by atoms with Gasteiger partial charge in [-0.15, -0.1) is 0 Å². The van der Waals surface area contributed by atoms with Gasteiger partial charge in [-0.2, -0.15) is 0 Å². The zero-order chi connectivity index (χ0) is 14.7. The minimum absolute atomic E-state index is 0.414. The van der Waals surface area contributed by atoms with Crippen molar-refractivity contribution in [1.82, 2.24) is 5.32 Å². The van der Waals surface area contributed by atoms with Gasteiger partial charge in [-0.1, -0.05) is 25.1 Å². The Morgan fingerprint density at radius 1 is 1.38 bits per heavy atom. The van der Waals surface area contributed by atoms with Gasteiger partial charge in [0.15, 0.2) is 0 Å². The Morgan fingerprint density at radius 3 is 3.05 bits per heavy atom. The number of rotatable bonds is 5. The van der Waals surface area contributed by atoms with Gasteiger partial charge in [0.2, 0.25) is 0 Å². The van der Waals surface area contributed by atoms with Crippen LogP contribution in [-0.2, 0) is 11.2 Å². The fourth-order valence-electron chi connectivity index (χ4n) is 3.67. The highest BCUT2D eigenvalue weighted by Crippen LogP contribution is 2.28. The highest BCUT2D eigenvalue weighted by molar-refractivity contribution is 5.55. The van der Waals surface area contributed by atoms with Crippen molar-refractivity contribution in [2.75, 3.05) is 31.1 Å². The molecule has 0 spiro atoms. The first kappa shape index (κ1) is 14.9. The Kier molecular flexibility index (Phi) is 4.81. The van der Waals surface area contributed by atoms with E-state index in [0.29, 0.717) is 12.1 Å². The van der Waals surface area contributed by atoms with Crippen LogP contribution in [0.15, 0.2) is 24.3 Å². The molecule has 0 aromatic heterocycles. The normalized spacial score (nSPS) is 26.7. The summed E-state index contributed by atoms with van der Waals surface area (Å²) in [5, 5.41) is 3.65. The second-order valence-corrected chi connectivity index (χ2v) is 6.68. The van der Waals surface area contributed by atoms with Crippen LogP contribution in [0.25, 0.3) is 0 Å². The zero-order valence-electron chi connectivity index (χ0n) is 13.3. The van der Waals surface area contributed by atoms with Crippen molar-refractivity contribution in [1.29, 1.82) is 0 Å². The molecule has 116 valence electrons. The molecular formula is C18H28N2O. The van der Waals surface area contributed by atoms with Crippen LogP contribution in [0.4, 0.5) is 5.69 Å². The Morgan fingerprint density at radius 2 is 2.24 bits per heavy atom. The van der Waals surface area contributed by atoms with E-state index < -0.39 is 0 Å². The van der Waals surface area contributed by atoms with Crippen LogP contribution >= 0.6 is 0 Å². The maximum absolute atomic E-state index is 5.75. The molecule has 3 nitrogen and oxygen atoms in total. The number of nitrogens with zero attached hydrogens (tertiary/aromatic N) is 1. The molecule has 1 fully saturated rings. The van der Waals surface area contributed by atoms with Gasteiger partial charge in [0.25, 0.3) is 0 Å². The summed E-state index contributed by atoms with van der Waals surface area (Å²) in [4.78, 5) is 2.54. The summed E-state index contributed by atoms with van der Waals surface area (Å²) < 4.78 is 5.75. The van der Waals surface area contributed by atoms with Crippen LogP contribution in [0.1, 0.15) is 32.3 Å². The van der Waals surface area contributed by atoms with Gasteiger partial charge in [-0.3, -0.25) is 0 Å². The van der Waals surface area contributed by atoms with E-state index in [1.165, 1.54) is 37.1 Å². The lowest BCUT2D eigenvalue weighted by atomic mass is 9.94. The van der Waals surface area contributed by atoms with Crippen molar-refractivity contribution in [3.8, 4) is 0 Å². The van der Waals surface area contributed by atoms with Crippen LogP contribution in [0.2, 0.25) is 0 Å². The topological polar surface area (TPSA) is 24.5 Å². The Bertz CT molecular complexity index is 456. The molecule has 0 aliphatic carbocycles. The molecule has 0 radical (unpaired) electrons. The van der Waals surface area contributed by atoms with Crippen LogP contribution in [0.3, 0.4) is 0 Å². The second kappa shape index (κ2) is 6.80. The largest absolute Gasteiger partial charge is 0.377 e. The molecule has 3 heteroatoms. The van der Waals surface area contributed by atoms with E-state index in [1.807, 2.05) is 0 Å². The van der Waals surface area contributed by atoms with Crippen molar-refractivity contribution in [3.05, 3.63) is 29.8 Å². The molecule has 1 aromatic rings. The van der Waals surface area contributed by atoms with Gasteiger partial charge in [-0.25, -0.2) is 0 Å². The maximum atomic E-state index is 5.75. The standard InChI is InChI=1S/C18H28N2O/c1-14-12-16-6-3-4-7-17(16)20(13-14)10-9-19-15(2)18-8-5-11-21-18/h3-4,6-7,14-15,18-19H,5,8-13H2,1-2H3. The molecular weight excluding hydrogens is 260 g/mol. The summed E-state index contributed by atoms with van der Waals surface area (Å²) in [5.41, 5.74) is 2.94. The van der Waals surface area contributed by atoms with Crippen molar-refractivity contribution in [2.24, 2.45) is 5.92 Å². The number of hydrogen-bond acceptors (Lipinski definition) is 3. The van der Waals surface area contributed by atoms with Gasteiger partial charge in [-0.05, 0) is 43.7 Å².